The largest absolute Gasteiger partial charge is 0.352 e. The van der Waals surface area contributed by atoms with Crippen LogP contribution in [-0.2, 0) is 26.2 Å². The minimum atomic E-state index is -3.76. The number of para-hydroxylation sites is 1. The van der Waals surface area contributed by atoms with Crippen molar-refractivity contribution in [3.05, 3.63) is 64.6 Å². The molecule has 0 aromatic heterocycles. The number of rotatable bonds is 10. The van der Waals surface area contributed by atoms with Gasteiger partial charge < -0.3 is 10.2 Å². The van der Waals surface area contributed by atoms with E-state index in [2.05, 4.69) is 21.2 Å². The molecule has 0 saturated carbocycles. The molecule has 0 aliphatic carbocycles. The number of nitrogens with zero attached hydrogens (tertiary/aromatic N) is 2. The van der Waals surface area contributed by atoms with Gasteiger partial charge in [0.25, 0.3) is 0 Å². The van der Waals surface area contributed by atoms with Crippen molar-refractivity contribution in [3.8, 4) is 0 Å². The van der Waals surface area contributed by atoms with Crippen molar-refractivity contribution in [1.29, 1.82) is 0 Å². The molecule has 0 bridgehead atoms. The average molecular weight is 524 g/mol. The maximum atomic E-state index is 13.4. The van der Waals surface area contributed by atoms with Crippen molar-refractivity contribution in [2.75, 3.05) is 17.1 Å². The maximum Gasteiger partial charge on any atom is 0.244 e. The second-order valence-corrected chi connectivity index (χ2v) is 10.5. The SMILES string of the molecule is CC[C@@H](C)NC(=O)[C@@H](C)N(Cc1ccccc1)C(=O)CN(c1ccccc1Br)S(C)(=O)=O. The summed E-state index contributed by atoms with van der Waals surface area (Å²) in [6.07, 6.45) is 1.81. The summed E-state index contributed by atoms with van der Waals surface area (Å²) >= 11 is 3.36. The number of anilines is 1. The quantitative estimate of drug-likeness (QED) is 0.515. The van der Waals surface area contributed by atoms with Crippen molar-refractivity contribution in [2.45, 2.75) is 45.8 Å². The monoisotopic (exact) mass is 523 g/mol. The highest BCUT2D eigenvalue weighted by Crippen LogP contribution is 2.28. The summed E-state index contributed by atoms with van der Waals surface area (Å²) in [6, 6.07) is 15.3. The maximum absolute atomic E-state index is 13.4. The summed E-state index contributed by atoms with van der Waals surface area (Å²) in [7, 11) is -3.76. The number of sulfonamides is 1. The molecule has 0 saturated heterocycles. The summed E-state index contributed by atoms with van der Waals surface area (Å²) in [5.74, 6) is -0.753. The van der Waals surface area contributed by atoms with Crippen LogP contribution in [0, 0.1) is 0 Å². The van der Waals surface area contributed by atoms with Gasteiger partial charge in [0.2, 0.25) is 21.8 Å². The number of halogens is 1. The Labute approximate surface area is 199 Å². The number of amides is 2. The van der Waals surface area contributed by atoms with Crippen LogP contribution >= 0.6 is 15.9 Å². The highest BCUT2D eigenvalue weighted by atomic mass is 79.9. The number of carbonyl (C=O) groups excluding carboxylic acids is 2. The van der Waals surface area contributed by atoms with Crippen LogP contribution in [0.25, 0.3) is 0 Å². The number of hydrogen-bond donors (Lipinski definition) is 1. The third-order valence-corrected chi connectivity index (χ3v) is 6.96. The van der Waals surface area contributed by atoms with Gasteiger partial charge in [0.1, 0.15) is 12.6 Å². The Kier molecular flexibility index (Phi) is 9.27. The molecule has 2 amide bonds. The second kappa shape index (κ2) is 11.5. The van der Waals surface area contributed by atoms with E-state index in [0.29, 0.717) is 10.2 Å². The Hall–Kier alpha value is -2.39. The van der Waals surface area contributed by atoms with E-state index in [9.17, 15) is 18.0 Å². The predicted octanol–water partition coefficient (Wildman–Crippen LogP) is 3.55. The fraction of sp³-hybridized carbons (Fsp3) is 0.391. The first-order valence-electron chi connectivity index (χ1n) is 10.4. The van der Waals surface area contributed by atoms with Crippen LogP contribution in [0.1, 0.15) is 32.8 Å². The minimum absolute atomic E-state index is 0.0357. The molecule has 0 fully saturated rings. The van der Waals surface area contributed by atoms with Gasteiger partial charge in [0.15, 0.2) is 0 Å². The van der Waals surface area contributed by atoms with Gasteiger partial charge in [0, 0.05) is 17.1 Å². The summed E-state index contributed by atoms with van der Waals surface area (Å²) in [5, 5.41) is 2.90. The summed E-state index contributed by atoms with van der Waals surface area (Å²) < 4.78 is 26.7. The molecule has 0 radical (unpaired) electrons. The highest BCUT2D eigenvalue weighted by molar-refractivity contribution is 9.10. The predicted molar refractivity (Wildman–Crippen MR) is 131 cm³/mol. The highest BCUT2D eigenvalue weighted by Gasteiger charge is 2.30. The zero-order valence-electron chi connectivity index (χ0n) is 18.8. The van der Waals surface area contributed by atoms with Gasteiger partial charge in [-0.25, -0.2) is 8.42 Å². The van der Waals surface area contributed by atoms with Crippen LogP contribution in [-0.4, -0.2) is 50.0 Å². The molecule has 0 aliphatic rings. The van der Waals surface area contributed by atoms with Crippen molar-refractivity contribution >= 4 is 43.5 Å². The van der Waals surface area contributed by atoms with Gasteiger partial charge in [-0.15, -0.1) is 0 Å². The Morgan fingerprint density at radius 1 is 1.03 bits per heavy atom. The van der Waals surface area contributed by atoms with Crippen molar-refractivity contribution in [1.82, 2.24) is 10.2 Å². The minimum Gasteiger partial charge on any atom is -0.352 e. The number of benzene rings is 2. The molecule has 0 unspecified atom stereocenters. The molecular weight excluding hydrogens is 494 g/mol. The molecular formula is C23H30BrN3O4S. The Morgan fingerprint density at radius 3 is 2.19 bits per heavy atom. The van der Waals surface area contributed by atoms with E-state index >= 15 is 0 Å². The lowest BCUT2D eigenvalue weighted by Gasteiger charge is -2.32. The van der Waals surface area contributed by atoms with E-state index in [1.54, 1.807) is 31.2 Å². The average Bonchev–Trinajstić information content (AvgIpc) is 2.75. The zero-order valence-corrected chi connectivity index (χ0v) is 21.2. The van der Waals surface area contributed by atoms with E-state index < -0.39 is 28.5 Å². The first kappa shape index (κ1) is 25.9. The molecule has 2 rings (SSSR count). The van der Waals surface area contributed by atoms with Crippen LogP contribution < -0.4 is 9.62 Å². The second-order valence-electron chi connectivity index (χ2n) is 7.72. The molecule has 9 heteroatoms. The van der Waals surface area contributed by atoms with E-state index in [4.69, 9.17) is 0 Å². The van der Waals surface area contributed by atoms with Crippen molar-refractivity contribution in [2.24, 2.45) is 0 Å². The standard InChI is InChI=1S/C23H30BrN3O4S/c1-5-17(2)25-23(29)18(3)26(15-19-11-7-6-8-12-19)22(28)16-27(32(4,30)31)21-14-10-9-13-20(21)24/h6-14,17-18H,5,15-16H2,1-4H3,(H,25,29)/t17-,18-/m1/s1. The fourth-order valence-corrected chi connectivity index (χ4v) is 4.55. The molecule has 1 N–H and O–H groups in total. The van der Waals surface area contributed by atoms with Gasteiger partial charge in [0.05, 0.1) is 11.9 Å². The van der Waals surface area contributed by atoms with Gasteiger partial charge in [-0.3, -0.25) is 13.9 Å². The summed E-state index contributed by atoms with van der Waals surface area (Å²) in [5.41, 5.74) is 1.20. The molecule has 2 aromatic rings. The Balaban J connectivity index is 2.37. The van der Waals surface area contributed by atoms with Crippen molar-refractivity contribution < 1.29 is 18.0 Å². The first-order valence-corrected chi connectivity index (χ1v) is 13.0. The van der Waals surface area contributed by atoms with Gasteiger partial charge in [-0.2, -0.15) is 0 Å². The van der Waals surface area contributed by atoms with Gasteiger partial charge in [-0.05, 0) is 53.9 Å². The lowest BCUT2D eigenvalue weighted by atomic mass is 10.1. The summed E-state index contributed by atoms with van der Waals surface area (Å²) in [4.78, 5) is 27.6. The van der Waals surface area contributed by atoms with Gasteiger partial charge in [-0.1, -0.05) is 49.4 Å². The van der Waals surface area contributed by atoms with Gasteiger partial charge >= 0.3 is 0 Å². The van der Waals surface area contributed by atoms with Crippen LogP contribution in [0.5, 0.6) is 0 Å². The molecule has 32 heavy (non-hydrogen) atoms. The number of hydrogen-bond acceptors (Lipinski definition) is 4. The number of nitrogens with one attached hydrogen (secondary N) is 1. The fourth-order valence-electron chi connectivity index (χ4n) is 3.08. The molecule has 7 nitrogen and oxygen atoms in total. The molecule has 174 valence electrons. The summed E-state index contributed by atoms with van der Waals surface area (Å²) in [6.45, 7) is 5.27. The Bertz CT molecular complexity index is 1030. The lowest BCUT2D eigenvalue weighted by Crippen LogP contribution is -2.52. The third kappa shape index (κ3) is 7.06. The number of carbonyl (C=O) groups is 2. The Morgan fingerprint density at radius 2 is 1.62 bits per heavy atom. The third-order valence-electron chi connectivity index (χ3n) is 5.16. The molecule has 0 aliphatic heterocycles. The lowest BCUT2D eigenvalue weighted by molar-refractivity contribution is -0.139. The van der Waals surface area contributed by atoms with E-state index in [-0.39, 0.29) is 18.5 Å². The molecule has 2 atom stereocenters. The molecule has 2 aromatic carbocycles. The van der Waals surface area contributed by atoms with Crippen LogP contribution in [0.15, 0.2) is 59.1 Å². The van der Waals surface area contributed by atoms with Crippen LogP contribution in [0.2, 0.25) is 0 Å². The van der Waals surface area contributed by atoms with E-state index in [1.807, 2.05) is 44.2 Å². The van der Waals surface area contributed by atoms with E-state index in [1.165, 1.54) is 4.90 Å². The van der Waals surface area contributed by atoms with E-state index in [0.717, 1.165) is 22.5 Å². The zero-order chi connectivity index (χ0) is 23.9. The van der Waals surface area contributed by atoms with Crippen LogP contribution in [0.3, 0.4) is 0 Å². The molecule has 0 spiro atoms. The topological polar surface area (TPSA) is 86.8 Å². The first-order chi connectivity index (χ1) is 15.0. The van der Waals surface area contributed by atoms with Crippen molar-refractivity contribution in [3.63, 3.8) is 0 Å². The normalized spacial score (nSPS) is 13.2. The smallest absolute Gasteiger partial charge is 0.244 e. The molecule has 0 heterocycles. The van der Waals surface area contributed by atoms with Crippen LogP contribution in [0.4, 0.5) is 5.69 Å².